The van der Waals surface area contributed by atoms with Crippen molar-refractivity contribution in [2.75, 3.05) is 6.61 Å². The first-order valence-corrected chi connectivity index (χ1v) is 7.24. The van der Waals surface area contributed by atoms with E-state index in [4.69, 9.17) is 4.74 Å². The second kappa shape index (κ2) is 8.67. The fraction of sp³-hybridized carbons (Fsp3) is 0.235. The molecule has 2 aromatic rings. The van der Waals surface area contributed by atoms with Gasteiger partial charge in [-0.3, -0.25) is 4.79 Å². The summed E-state index contributed by atoms with van der Waals surface area (Å²) in [5.74, 6) is 6.35. The Labute approximate surface area is 164 Å². The fourth-order valence-electron chi connectivity index (χ4n) is 1.93. The molecule has 0 saturated heterocycles. The zero-order valence-electron chi connectivity index (χ0n) is 12.7. The quantitative estimate of drug-likeness (QED) is 0.549. The molecule has 0 aliphatic rings. The monoisotopic (exact) mass is 433 g/mol. The summed E-state index contributed by atoms with van der Waals surface area (Å²) in [7, 11) is 1.74. The molecular formula is C17H15BrNO2Y-. The molecule has 0 N–H and O–H groups in total. The Kier molecular flexibility index (Phi) is 7.55. The molecule has 1 radical (unpaired) electrons. The Bertz CT molecular complexity index is 787. The maximum absolute atomic E-state index is 12.0. The molecule has 22 heavy (non-hydrogen) atoms. The number of nitrogens with zero attached hydrogens (tertiary/aromatic N) is 1. The van der Waals surface area contributed by atoms with Crippen LogP contribution in [0.15, 0.2) is 33.5 Å². The third-order valence-corrected chi connectivity index (χ3v) is 3.74. The Morgan fingerprint density at radius 2 is 2.14 bits per heavy atom. The summed E-state index contributed by atoms with van der Waals surface area (Å²) in [5.41, 5.74) is 2.28. The first-order valence-electron chi connectivity index (χ1n) is 6.45. The SMILES string of the molecule is CC#CCOc1ccc(-c2[c-]cc(C)c(=O)n2C)c(Br)c1.[Y]. The molecule has 0 aliphatic heterocycles. The number of pyridine rings is 1. The molecule has 1 aromatic heterocycles. The van der Waals surface area contributed by atoms with Gasteiger partial charge >= 0.3 is 0 Å². The van der Waals surface area contributed by atoms with Gasteiger partial charge in [-0.2, -0.15) is 12.1 Å². The molecule has 1 aromatic carbocycles. The van der Waals surface area contributed by atoms with E-state index in [-0.39, 0.29) is 38.3 Å². The third kappa shape index (κ3) is 4.32. The number of aryl methyl sites for hydroxylation is 1. The van der Waals surface area contributed by atoms with Gasteiger partial charge in [0, 0.05) is 39.8 Å². The molecule has 1 heterocycles. The van der Waals surface area contributed by atoms with Gasteiger partial charge in [0.25, 0.3) is 0 Å². The van der Waals surface area contributed by atoms with E-state index in [0.717, 1.165) is 21.5 Å². The van der Waals surface area contributed by atoms with Gasteiger partial charge in [0.2, 0.25) is 0 Å². The van der Waals surface area contributed by atoms with Crippen LogP contribution in [0.2, 0.25) is 0 Å². The van der Waals surface area contributed by atoms with E-state index in [9.17, 15) is 4.79 Å². The Balaban J connectivity index is 0.00000242. The van der Waals surface area contributed by atoms with Gasteiger partial charge in [-0.25, -0.2) is 0 Å². The molecular weight excluding hydrogens is 419 g/mol. The molecule has 3 nitrogen and oxygen atoms in total. The van der Waals surface area contributed by atoms with Crippen LogP contribution in [0.1, 0.15) is 12.5 Å². The molecule has 111 valence electrons. The zero-order chi connectivity index (χ0) is 15.4. The number of hydrogen-bond donors (Lipinski definition) is 0. The van der Waals surface area contributed by atoms with E-state index >= 15 is 0 Å². The molecule has 0 saturated carbocycles. The van der Waals surface area contributed by atoms with E-state index in [1.807, 2.05) is 18.2 Å². The predicted octanol–water partition coefficient (Wildman–Crippen LogP) is 3.32. The molecule has 2 rings (SSSR count). The summed E-state index contributed by atoms with van der Waals surface area (Å²) in [6.45, 7) is 3.91. The zero-order valence-corrected chi connectivity index (χ0v) is 17.2. The summed E-state index contributed by atoms with van der Waals surface area (Å²) in [6, 6.07) is 10.5. The average Bonchev–Trinajstić information content (AvgIpc) is 2.46. The van der Waals surface area contributed by atoms with Crippen LogP contribution in [-0.2, 0) is 39.8 Å². The largest absolute Gasteiger partial charge is 0.481 e. The van der Waals surface area contributed by atoms with E-state index in [0.29, 0.717) is 12.2 Å². The van der Waals surface area contributed by atoms with Gasteiger partial charge in [-0.1, -0.05) is 45.6 Å². The maximum Gasteiger partial charge on any atom is 0.197 e. The minimum absolute atomic E-state index is 0. The molecule has 0 amide bonds. The molecule has 0 unspecified atom stereocenters. The second-order valence-electron chi connectivity index (χ2n) is 4.54. The van der Waals surface area contributed by atoms with Crippen LogP contribution in [0.5, 0.6) is 5.75 Å². The summed E-state index contributed by atoms with van der Waals surface area (Å²) in [5, 5.41) is 0. The number of rotatable bonds is 3. The van der Waals surface area contributed by atoms with Crippen LogP contribution in [0.3, 0.4) is 0 Å². The van der Waals surface area contributed by atoms with Crippen LogP contribution in [0, 0.1) is 24.8 Å². The van der Waals surface area contributed by atoms with Crippen molar-refractivity contribution >= 4 is 15.9 Å². The average molecular weight is 434 g/mol. The minimum Gasteiger partial charge on any atom is -0.481 e. The van der Waals surface area contributed by atoms with Crippen molar-refractivity contribution in [2.24, 2.45) is 7.05 Å². The molecule has 0 fully saturated rings. The Morgan fingerprint density at radius 1 is 1.41 bits per heavy atom. The van der Waals surface area contributed by atoms with Gasteiger partial charge in [0.1, 0.15) is 12.4 Å². The van der Waals surface area contributed by atoms with E-state index in [1.54, 1.807) is 31.5 Å². The first kappa shape index (κ1) is 19.2. The van der Waals surface area contributed by atoms with Crippen molar-refractivity contribution < 1.29 is 37.4 Å². The first-order chi connectivity index (χ1) is 10.0. The molecule has 0 aliphatic carbocycles. The number of halogens is 1. The normalized spacial score (nSPS) is 9.45. The van der Waals surface area contributed by atoms with Crippen LogP contribution in [0.4, 0.5) is 0 Å². The number of hydrogen-bond acceptors (Lipinski definition) is 2. The molecule has 5 heteroatoms. The van der Waals surface area contributed by atoms with Crippen molar-refractivity contribution in [3.05, 3.63) is 50.7 Å². The summed E-state index contributed by atoms with van der Waals surface area (Å²) in [4.78, 5) is 12.0. The van der Waals surface area contributed by atoms with Gasteiger partial charge in [0.05, 0.1) is 0 Å². The number of aromatic nitrogens is 1. The van der Waals surface area contributed by atoms with Crippen molar-refractivity contribution in [1.29, 1.82) is 0 Å². The van der Waals surface area contributed by atoms with E-state index in [2.05, 4.69) is 33.8 Å². The van der Waals surface area contributed by atoms with Crippen molar-refractivity contribution in [1.82, 2.24) is 4.57 Å². The molecule has 0 bridgehead atoms. The van der Waals surface area contributed by atoms with Crippen LogP contribution < -0.4 is 10.3 Å². The summed E-state index contributed by atoms with van der Waals surface area (Å²) in [6.07, 6.45) is 0. The van der Waals surface area contributed by atoms with E-state index in [1.165, 1.54) is 0 Å². The van der Waals surface area contributed by atoms with Crippen molar-refractivity contribution in [3.8, 4) is 28.8 Å². The fourth-order valence-corrected chi connectivity index (χ4v) is 2.47. The van der Waals surface area contributed by atoms with Crippen molar-refractivity contribution in [3.63, 3.8) is 0 Å². The van der Waals surface area contributed by atoms with Crippen molar-refractivity contribution in [2.45, 2.75) is 13.8 Å². The van der Waals surface area contributed by atoms with Crippen LogP contribution in [-0.4, -0.2) is 11.2 Å². The van der Waals surface area contributed by atoms with Gasteiger partial charge in [-0.15, -0.1) is 12.0 Å². The smallest absolute Gasteiger partial charge is 0.197 e. The Morgan fingerprint density at radius 3 is 2.77 bits per heavy atom. The Hall–Kier alpha value is -0.886. The maximum atomic E-state index is 12.0. The minimum atomic E-state index is -0.0193. The molecule has 0 spiro atoms. The predicted molar refractivity (Wildman–Crippen MR) is 87.3 cm³/mol. The van der Waals surface area contributed by atoms with Gasteiger partial charge in [-0.05, 0) is 23.5 Å². The summed E-state index contributed by atoms with van der Waals surface area (Å²) < 4.78 is 7.95. The molecule has 0 atom stereocenters. The second-order valence-corrected chi connectivity index (χ2v) is 5.40. The summed E-state index contributed by atoms with van der Waals surface area (Å²) >= 11 is 3.52. The van der Waals surface area contributed by atoms with E-state index < -0.39 is 0 Å². The van der Waals surface area contributed by atoms with Crippen LogP contribution >= 0.6 is 15.9 Å². The van der Waals surface area contributed by atoms with Gasteiger partial charge in [0.15, 0.2) is 5.56 Å². The van der Waals surface area contributed by atoms with Crippen LogP contribution in [0.25, 0.3) is 11.3 Å². The third-order valence-electron chi connectivity index (χ3n) is 3.09. The number of benzene rings is 1. The van der Waals surface area contributed by atoms with Gasteiger partial charge < -0.3 is 9.30 Å². The standard InChI is InChI=1S/C17H15BrNO2.Y/c1-4-5-10-21-13-7-8-14(15(18)11-13)16-9-6-12(2)17(20)19(16)3;/h6-8,11H,10H2,1-3H3;/q-1;. The number of ether oxygens (including phenoxy) is 1. The topological polar surface area (TPSA) is 31.2 Å².